The molecule has 0 unspecified atom stereocenters. The zero-order valence-electron chi connectivity index (χ0n) is 5.74. The molecule has 0 fully saturated rings. The Balaban J connectivity index is 2.46. The summed E-state index contributed by atoms with van der Waals surface area (Å²) in [6.45, 7) is 0. The van der Waals surface area contributed by atoms with E-state index in [2.05, 4.69) is 9.97 Å². The summed E-state index contributed by atoms with van der Waals surface area (Å²) in [5, 5.41) is 8.52. The third kappa shape index (κ3) is 0.869. The molecule has 0 radical (unpaired) electrons. The highest BCUT2D eigenvalue weighted by Crippen LogP contribution is 2.17. The molecule has 0 aromatic carbocycles. The van der Waals surface area contributed by atoms with Gasteiger partial charge in [0.05, 0.1) is 17.6 Å². The van der Waals surface area contributed by atoms with Crippen LogP contribution in [0.5, 0.6) is 0 Å². The van der Waals surface area contributed by atoms with Crippen LogP contribution in [0.1, 0.15) is 21.9 Å². The molecule has 2 rings (SSSR count). The topological polar surface area (TPSA) is 63.1 Å². The van der Waals surface area contributed by atoms with Gasteiger partial charge in [-0.15, -0.1) is 0 Å². The summed E-state index contributed by atoms with van der Waals surface area (Å²) in [5.41, 5.74) is 1.82. The molecule has 0 saturated carbocycles. The molecule has 1 aromatic rings. The number of rotatable bonds is 1. The second-order valence-corrected chi connectivity index (χ2v) is 2.45. The maximum Gasteiger partial charge on any atom is 0.356 e. The van der Waals surface area contributed by atoms with E-state index in [4.69, 9.17) is 5.11 Å². The van der Waals surface area contributed by atoms with Gasteiger partial charge in [-0.1, -0.05) is 0 Å². The molecule has 0 spiro atoms. The van der Waals surface area contributed by atoms with Crippen molar-refractivity contribution in [2.24, 2.45) is 0 Å². The first kappa shape index (κ1) is 6.27. The number of carbonyl (C=O) groups is 1. The molecule has 4 heteroatoms. The molecule has 1 aliphatic rings. The zero-order chi connectivity index (χ0) is 7.84. The maximum atomic E-state index is 10.4. The van der Waals surface area contributed by atoms with Gasteiger partial charge in [0.2, 0.25) is 0 Å². The molecule has 0 amide bonds. The summed E-state index contributed by atoms with van der Waals surface area (Å²) in [4.78, 5) is 18.2. The van der Waals surface area contributed by atoms with Crippen molar-refractivity contribution in [2.75, 3.05) is 0 Å². The average Bonchev–Trinajstić information content (AvgIpc) is 1.91. The van der Waals surface area contributed by atoms with Crippen LogP contribution in [0.2, 0.25) is 0 Å². The van der Waals surface area contributed by atoms with E-state index in [1.165, 1.54) is 6.20 Å². The van der Waals surface area contributed by atoms with E-state index in [1.807, 2.05) is 0 Å². The minimum absolute atomic E-state index is 0.0449. The Hall–Kier alpha value is -1.45. The fourth-order valence-electron chi connectivity index (χ4n) is 1.02. The van der Waals surface area contributed by atoms with Crippen LogP contribution in [0.15, 0.2) is 6.20 Å². The molecular weight excluding hydrogens is 144 g/mol. The van der Waals surface area contributed by atoms with Gasteiger partial charge in [-0.2, -0.15) is 0 Å². The lowest BCUT2D eigenvalue weighted by Crippen LogP contribution is -2.16. The van der Waals surface area contributed by atoms with Gasteiger partial charge in [0.15, 0.2) is 5.69 Å². The predicted molar refractivity (Wildman–Crippen MR) is 36.4 cm³/mol. The van der Waals surface area contributed by atoms with Crippen molar-refractivity contribution < 1.29 is 9.90 Å². The van der Waals surface area contributed by atoms with E-state index in [1.54, 1.807) is 0 Å². The Labute approximate surface area is 62.9 Å². The number of fused-ring (bicyclic) bond motifs is 1. The van der Waals surface area contributed by atoms with E-state index in [9.17, 15) is 4.79 Å². The Kier molecular flexibility index (Phi) is 1.15. The summed E-state index contributed by atoms with van der Waals surface area (Å²) < 4.78 is 0. The molecule has 1 aromatic heterocycles. The highest BCUT2D eigenvalue weighted by atomic mass is 16.4. The molecule has 0 bridgehead atoms. The SMILES string of the molecule is O=C(O)c1cnc2c(n1)CC2. The van der Waals surface area contributed by atoms with Crippen LogP contribution < -0.4 is 0 Å². The number of nitrogens with zero attached hydrogens (tertiary/aromatic N) is 2. The molecule has 1 aliphatic carbocycles. The monoisotopic (exact) mass is 150 g/mol. The van der Waals surface area contributed by atoms with Crippen LogP contribution in [0, 0.1) is 0 Å². The van der Waals surface area contributed by atoms with E-state index >= 15 is 0 Å². The Morgan fingerprint density at radius 3 is 2.64 bits per heavy atom. The van der Waals surface area contributed by atoms with E-state index in [0.29, 0.717) is 0 Å². The van der Waals surface area contributed by atoms with Crippen molar-refractivity contribution in [1.82, 2.24) is 9.97 Å². The number of carboxylic acid groups (broad SMARTS) is 1. The minimum Gasteiger partial charge on any atom is -0.476 e. The lowest BCUT2D eigenvalue weighted by molar-refractivity contribution is 0.0689. The van der Waals surface area contributed by atoms with Crippen molar-refractivity contribution in [3.8, 4) is 0 Å². The molecule has 0 aliphatic heterocycles. The molecule has 56 valence electrons. The highest BCUT2D eigenvalue weighted by molar-refractivity contribution is 5.84. The van der Waals surface area contributed by atoms with E-state index in [0.717, 1.165) is 24.2 Å². The maximum absolute atomic E-state index is 10.4. The van der Waals surface area contributed by atoms with Gasteiger partial charge in [-0.05, 0) is 12.8 Å². The Morgan fingerprint density at radius 1 is 1.45 bits per heavy atom. The number of hydrogen-bond acceptors (Lipinski definition) is 3. The third-order valence-electron chi connectivity index (χ3n) is 1.75. The molecular formula is C7H6N2O2. The number of hydrogen-bond donors (Lipinski definition) is 1. The largest absolute Gasteiger partial charge is 0.476 e. The Morgan fingerprint density at radius 2 is 2.18 bits per heavy atom. The van der Waals surface area contributed by atoms with Crippen molar-refractivity contribution in [1.29, 1.82) is 0 Å². The van der Waals surface area contributed by atoms with Crippen LogP contribution in [-0.2, 0) is 12.8 Å². The highest BCUT2D eigenvalue weighted by Gasteiger charge is 2.18. The molecule has 1 N–H and O–H groups in total. The number of carboxylic acids is 1. The van der Waals surface area contributed by atoms with Gasteiger partial charge >= 0.3 is 5.97 Å². The van der Waals surface area contributed by atoms with Gasteiger partial charge in [0, 0.05) is 0 Å². The number of aryl methyl sites for hydroxylation is 2. The molecule has 0 atom stereocenters. The van der Waals surface area contributed by atoms with E-state index in [-0.39, 0.29) is 5.69 Å². The van der Waals surface area contributed by atoms with Gasteiger partial charge in [0.25, 0.3) is 0 Å². The smallest absolute Gasteiger partial charge is 0.356 e. The van der Waals surface area contributed by atoms with E-state index < -0.39 is 5.97 Å². The van der Waals surface area contributed by atoms with Crippen LogP contribution in [0.4, 0.5) is 0 Å². The zero-order valence-corrected chi connectivity index (χ0v) is 5.74. The standard InChI is InChI=1S/C7H6N2O2/c10-7(11)6-3-8-4-1-2-5(4)9-6/h3H,1-2H2,(H,10,11). The summed E-state index contributed by atoms with van der Waals surface area (Å²) in [7, 11) is 0. The summed E-state index contributed by atoms with van der Waals surface area (Å²) in [6, 6.07) is 0. The number of aromatic carboxylic acids is 1. The second kappa shape index (κ2) is 2.02. The first-order valence-corrected chi connectivity index (χ1v) is 3.35. The van der Waals surface area contributed by atoms with Crippen molar-refractivity contribution >= 4 is 5.97 Å². The first-order valence-electron chi connectivity index (χ1n) is 3.35. The normalized spacial score (nSPS) is 13.5. The van der Waals surface area contributed by atoms with Gasteiger partial charge in [-0.3, -0.25) is 4.98 Å². The lowest BCUT2D eigenvalue weighted by atomic mass is 10.0. The molecule has 11 heavy (non-hydrogen) atoms. The van der Waals surface area contributed by atoms with Crippen molar-refractivity contribution in [3.63, 3.8) is 0 Å². The third-order valence-corrected chi connectivity index (χ3v) is 1.75. The first-order chi connectivity index (χ1) is 5.27. The fourth-order valence-corrected chi connectivity index (χ4v) is 1.02. The minimum atomic E-state index is -1.01. The lowest BCUT2D eigenvalue weighted by Gasteiger charge is -2.14. The van der Waals surface area contributed by atoms with Gasteiger partial charge < -0.3 is 5.11 Å². The molecule has 1 heterocycles. The average molecular weight is 150 g/mol. The fraction of sp³-hybridized carbons (Fsp3) is 0.286. The van der Waals surface area contributed by atoms with Gasteiger partial charge in [-0.25, -0.2) is 9.78 Å². The Bertz CT molecular complexity index is 322. The van der Waals surface area contributed by atoms with Gasteiger partial charge in [0.1, 0.15) is 0 Å². The molecule has 0 saturated heterocycles. The van der Waals surface area contributed by atoms with Crippen LogP contribution in [0.3, 0.4) is 0 Å². The van der Waals surface area contributed by atoms with Crippen LogP contribution in [0.25, 0.3) is 0 Å². The van der Waals surface area contributed by atoms with Crippen LogP contribution >= 0.6 is 0 Å². The van der Waals surface area contributed by atoms with Crippen LogP contribution in [-0.4, -0.2) is 21.0 Å². The summed E-state index contributed by atoms with van der Waals surface area (Å²) >= 11 is 0. The quantitative estimate of drug-likeness (QED) is 0.624. The number of aromatic nitrogens is 2. The van der Waals surface area contributed by atoms with Crippen molar-refractivity contribution in [3.05, 3.63) is 23.3 Å². The molecule has 4 nitrogen and oxygen atoms in total. The van der Waals surface area contributed by atoms with Crippen molar-refractivity contribution in [2.45, 2.75) is 12.8 Å². The summed E-state index contributed by atoms with van der Waals surface area (Å²) in [5.74, 6) is -1.01. The predicted octanol–water partition coefficient (Wildman–Crippen LogP) is 0.273. The summed E-state index contributed by atoms with van der Waals surface area (Å²) in [6.07, 6.45) is 3.10. The second-order valence-electron chi connectivity index (χ2n) is 2.45.